The van der Waals surface area contributed by atoms with E-state index in [2.05, 4.69) is 11.8 Å². The Bertz CT molecular complexity index is 1390. The Morgan fingerprint density at radius 1 is 1.23 bits per heavy atom. The molecule has 216 valence electrons. The van der Waals surface area contributed by atoms with Gasteiger partial charge in [0, 0.05) is 35.2 Å². The highest BCUT2D eigenvalue weighted by Crippen LogP contribution is 2.64. The van der Waals surface area contributed by atoms with Crippen LogP contribution in [0, 0.1) is 17.7 Å². The molecular weight excluding hydrogens is 521 g/mol. The molecule has 1 heterocycles. The molecule has 0 aromatic heterocycles. The molecule has 1 aromatic rings. The summed E-state index contributed by atoms with van der Waals surface area (Å²) in [4.78, 5) is 41.3. The molecule has 1 aromatic carbocycles. The van der Waals surface area contributed by atoms with Crippen molar-refractivity contribution in [2.45, 2.75) is 75.8 Å². The van der Waals surface area contributed by atoms with E-state index in [0.717, 1.165) is 25.8 Å². The smallest absolute Gasteiger partial charge is 0.251 e. The molecule has 1 saturated heterocycles. The summed E-state index contributed by atoms with van der Waals surface area (Å²) in [7, 11) is 3.41. The molecule has 11 heteroatoms. The summed E-state index contributed by atoms with van der Waals surface area (Å²) in [5, 5.41) is 34.0. The number of benzene rings is 1. The molecule has 10 nitrogen and oxygen atoms in total. The number of nitrogens with zero attached hydrogens (tertiary/aromatic N) is 2. The molecule has 1 unspecified atom stereocenters. The highest BCUT2D eigenvalue weighted by atomic mass is 19.1. The number of phenolic OH excluding ortho intramolecular Hbond substituents is 1. The first-order chi connectivity index (χ1) is 18.9. The number of carbonyl (C=O) groups excluding carboxylic acids is 2. The van der Waals surface area contributed by atoms with Crippen LogP contribution in [0.5, 0.6) is 5.75 Å². The van der Waals surface area contributed by atoms with Gasteiger partial charge in [-0.2, -0.15) is 0 Å². The number of rotatable bonds is 7. The number of nitrogens with two attached hydrogens (primary N) is 1. The standard InChI is InChI=1S/C29H36FN3O7/c1-5-8-33(15-6-7-15)12-14-11-18(34)20-16(22(14)30)9-13-10-17-23(32(3)4)25(36)21(27(31)38)28(2)29(17,40-39-28)26(37)19(13)24(20)35/h11,13,15,17,23,34,36-37H,5-10,12H2,1-4H3,(H2,31,38)/t13-,17-,23-,28?,29-/m0/s1. The number of carbonyl (C=O) groups is 2. The molecule has 6 rings (SSSR count). The fourth-order valence-corrected chi connectivity index (χ4v) is 7.74. The molecule has 1 aliphatic heterocycles. The topological polar surface area (TPSA) is 146 Å². The summed E-state index contributed by atoms with van der Waals surface area (Å²) in [5.74, 6) is -4.49. The second-order valence-electron chi connectivity index (χ2n) is 12.2. The van der Waals surface area contributed by atoms with Crippen molar-refractivity contribution in [3.63, 3.8) is 0 Å². The van der Waals surface area contributed by atoms with Crippen molar-refractivity contribution in [2.75, 3.05) is 20.6 Å². The zero-order chi connectivity index (χ0) is 28.9. The summed E-state index contributed by atoms with van der Waals surface area (Å²) in [6.45, 7) is 4.70. The lowest BCUT2D eigenvalue weighted by Crippen LogP contribution is -2.78. The molecule has 0 bridgehead atoms. The SMILES string of the molecule is CCCN(Cc1cc(O)c2c(c1F)C[C@H]1C[C@H]3[C@H](N(C)C)C(O)=C(C(N)=O)C4(C)OO[C@]34C(O)=C1C2=O)C1CC1. The minimum absolute atomic E-state index is 0.00553. The van der Waals surface area contributed by atoms with Crippen LogP contribution >= 0.6 is 0 Å². The molecule has 5 N–H and O–H groups in total. The molecule has 1 spiro atoms. The maximum absolute atomic E-state index is 16.1. The zero-order valence-corrected chi connectivity index (χ0v) is 23.2. The van der Waals surface area contributed by atoms with Crippen LogP contribution in [-0.4, -0.2) is 80.7 Å². The highest BCUT2D eigenvalue weighted by Gasteiger charge is 2.77. The number of aromatic hydroxyl groups is 1. The van der Waals surface area contributed by atoms with Crippen molar-refractivity contribution in [3.8, 4) is 5.75 Å². The Hall–Kier alpha value is -2.99. The van der Waals surface area contributed by atoms with Gasteiger partial charge in [0.05, 0.1) is 17.2 Å². The van der Waals surface area contributed by atoms with Crippen LogP contribution in [0.3, 0.4) is 0 Å². The highest BCUT2D eigenvalue weighted by molar-refractivity contribution is 6.13. The first-order valence-corrected chi connectivity index (χ1v) is 13.9. The molecule has 5 atom stereocenters. The average molecular weight is 558 g/mol. The molecule has 4 aliphatic carbocycles. The van der Waals surface area contributed by atoms with Gasteiger partial charge in [-0.15, -0.1) is 0 Å². The molecule has 1 amide bonds. The molecule has 40 heavy (non-hydrogen) atoms. The molecule has 0 radical (unpaired) electrons. The van der Waals surface area contributed by atoms with Crippen LogP contribution in [0.1, 0.15) is 61.0 Å². The Labute approximate surface area is 231 Å². The van der Waals surface area contributed by atoms with Crippen molar-refractivity contribution >= 4 is 11.7 Å². The Morgan fingerprint density at radius 2 is 1.93 bits per heavy atom. The average Bonchev–Trinajstić information content (AvgIpc) is 3.70. The summed E-state index contributed by atoms with van der Waals surface area (Å²) >= 11 is 0. The quantitative estimate of drug-likeness (QED) is 0.372. The van der Waals surface area contributed by atoms with E-state index in [1.54, 1.807) is 19.0 Å². The first-order valence-electron chi connectivity index (χ1n) is 13.9. The van der Waals surface area contributed by atoms with Crippen molar-refractivity contribution in [2.24, 2.45) is 17.6 Å². The number of hydrogen-bond acceptors (Lipinski definition) is 9. The molecule has 2 fully saturated rings. The zero-order valence-electron chi connectivity index (χ0n) is 23.2. The van der Waals surface area contributed by atoms with Gasteiger partial charge in [0.25, 0.3) is 5.91 Å². The number of ketones is 1. The van der Waals surface area contributed by atoms with Crippen molar-refractivity contribution in [3.05, 3.63) is 51.2 Å². The fourth-order valence-electron chi connectivity index (χ4n) is 7.74. The maximum atomic E-state index is 16.1. The van der Waals surface area contributed by atoms with E-state index in [0.29, 0.717) is 18.2 Å². The van der Waals surface area contributed by atoms with Gasteiger partial charge in [0.2, 0.25) is 5.60 Å². The lowest BCUT2D eigenvalue weighted by atomic mass is 9.53. The minimum Gasteiger partial charge on any atom is -0.510 e. The number of Topliss-reactive ketones (excluding diaryl/α,β-unsaturated/α-hetero) is 1. The first kappa shape index (κ1) is 27.2. The van der Waals surface area contributed by atoms with Gasteiger partial charge in [-0.25, -0.2) is 14.2 Å². The number of phenols is 1. The third-order valence-corrected chi connectivity index (χ3v) is 9.61. The summed E-state index contributed by atoms with van der Waals surface area (Å²) < 4.78 is 16.1. The van der Waals surface area contributed by atoms with E-state index < -0.39 is 52.3 Å². The Balaban J connectivity index is 1.47. The summed E-state index contributed by atoms with van der Waals surface area (Å²) in [5.41, 5.74) is 2.36. The lowest BCUT2D eigenvalue weighted by molar-refractivity contribution is -0.548. The van der Waals surface area contributed by atoms with Gasteiger partial charge in [0.1, 0.15) is 23.1 Å². The van der Waals surface area contributed by atoms with Gasteiger partial charge < -0.3 is 21.1 Å². The normalized spacial score (nSPS) is 33.0. The maximum Gasteiger partial charge on any atom is 0.251 e. The number of halogens is 1. The van der Waals surface area contributed by atoms with Crippen molar-refractivity contribution in [1.82, 2.24) is 9.80 Å². The molecular formula is C29H36FN3O7. The summed E-state index contributed by atoms with van der Waals surface area (Å²) in [6.07, 6.45) is 3.33. The van der Waals surface area contributed by atoms with Gasteiger partial charge in [0.15, 0.2) is 11.4 Å². The number of aliphatic hydroxyl groups is 2. The predicted octanol–water partition coefficient (Wildman–Crippen LogP) is 2.79. The van der Waals surface area contributed by atoms with Crippen LogP contribution in [0.25, 0.3) is 0 Å². The fraction of sp³-hybridized carbons (Fsp3) is 0.586. The van der Waals surface area contributed by atoms with Crippen molar-refractivity contribution < 1.29 is 39.1 Å². The van der Waals surface area contributed by atoms with E-state index in [9.17, 15) is 24.9 Å². The van der Waals surface area contributed by atoms with E-state index >= 15 is 4.39 Å². The van der Waals surface area contributed by atoms with Crippen molar-refractivity contribution in [1.29, 1.82) is 0 Å². The predicted molar refractivity (Wildman–Crippen MR) is 141 cm³/mol. The molecule has 1 saturated carbocycles. The van der Waals surface area contributed by atoms with E-state index in [1.165, 1.54) is 13.0 Å². The van der Waals surface area contributed by atoms with Gasteiger partial charge >= 0.3 is 0 Å². The number of allylic oxidation sites excluding steroid dienone is 1. The summed E-state index contributed by atoms with van der Waals surface area (Å²) in [6, 6.07) is 0.922. The second kappa shape index (κ2) is 9.01. The minimum atomic E-state index is -1.68. The lowest BCUT2D eigenvalue weighted by Gasteiger charge is -2.64. The van der Waals surface area contributed by atoms with Crippen LogP contribution in [0.15, 0.2) is 28.7 Å². The Morgan fingerprint density at radius 3 is 2.48 bits per heavy atom. The van der Waals surface area contributed by atoms with Crippen LogP contribution < -0.4 is 5.73 Å². The number of likely N-dealkylation sites (N-methyl/N-ethyl adjacent to an activating group) is 1. The number of fused-ring (bicyclic) bond motifs is 2. The van der Waals surface area contributed by atoms with Gasteiger partial charge in [-0.3, -0.25) is 19.4 Å². The third kappa shape index (κ3) is 3.41. The third-order valence-electron chi connectivity index (χ3n) is 9.61. The largest absolute Gasteiger partial charge is 0.510 e. The second-order valence-corrected chi connectivity index (χ2v) is 12.2. The van der Waals surface area contributed by atoms with E-state index in [1.807, 2.05) is 0 Å². The van der Waals surface area contributed by atoms with E-state index in [4.69, 9.17) is 15.5 Å². The monoisotopic (exact) mass is 557 g/mol. The molecule has 5 aliphatic rings. The van der Waals surface area contributed by atoms with Crippen LogP contribution in [0.2, 0.25) is 0 Å². The van der Waals surface area contributed by atoms with Gasteiger partial charge in [-0.1, -0.05) is 6.92 Å². The Kier molecular flexibility index (Phi) is 6.12. The van der Waals surface area contributed by atoms with E-state index in [-0.39, 0.29) is 46.6 Å². The number of primary amides is 1. The number of aliphatic hydroxyl groups excluding tert-OH is 2. The number of amides is 1. The van der Waals surface area contributed by atoms with Crippen LogP contribution in [-0.2, 0) is 27.5 Å². The number of hydrogen-bond donors (Lipinski definition) is 4. The van der Waals surface area contributed by atoms with Crippen LogP contribution in [0.4, 0.5) is 4.39 Å². The van der Waals surface area contributed by atoms with Gasteiger partial charge in [-0.05, 0) is 71.7 Å².